The Bertz CT molecular complexity index is 537. The maximum absolute atomic E-state index is 12.3. The largest absolute Gasteiger partial charge is 0.399 e. The van der Waals surface area contributed by atoms with Gasteiger partial charge in [0.25, 0.3) is 0 Å². The molecule has 1 atom stereocenters. The minimum atomic E-state index is -3.50. The average molecular weight is 284 g/mol. The molecule has 1 heterocycles. The number of sulfonamides is 1. The van der Waals surface area contributed by atoms with Gasteiger partial charge in [-0.2, -0.15) is 0 Å². The lowest BCUT2D eigenvalue weighted by atomic mass is 10.1. The molecule has 3 N–H and O–H groups in total. The molecular formula is C13H20N2O3S. The van der Waals surface area contributed by atoms with Gasteiger partial charge in [0.2, 0.25) is 10.0 Å². The summed E-state index contributed by atoms with van der Waals surface area (Å²) < 4.78 is 32.5. The van der Waals surface area contributed by atoms with Crippen LogP contribution < -0.4 is 10.5 Å². The van der Waals surface area contributed by atoms with Crippen molar-refractivity contribution in [3.8, 4) is 0 Å². The van der Waals surface area contributed by atoms with Gasteiger partial charge in [-0.15, -0.1) is 0 Å². The highest BCUT2D eigenvalue weighted by molar-refractivity contribution is 7.89. The first-order valence-electron chi connectivity index (χ1n) is 6.48. The van der Waals surface area contributed by atoms with Crippen LogP contribution in [-0.4, -0.2) is 28.2 Å². The summed E-state index contributed by atoms with van der Waals surface area (Å²) in [5.74, 6) is 0.265. The standard InChI is InChI=1S/C13H20N2O3S/c1-2-11-3-4-12(14)7-13(11)19(16,17)15-8-10-5-6-18-9-10/h3-4,7,10,15H,2,5-6,8-9,14H2,1H3. The molecule has 106 valence electrons. The first kappa shape index (κ1) is 14.3. The van der Waals surface area contributed by atoms with Gasteiger partial charge in [-0.05, 0) is 36.5 Å². The summed E-state index contributed by atoms with van der Waals surface area (Å²) >= 11 is 0. The maximum Gasteiger partial charge on any atom is 0.240 e. The maximum atomic E-state index is 12.3. The van der Waals surface area contributed by atoms with Crippen molar-refractivity contribution in [2.24, 2.45) is 5.92 Å². The smallest absolute Gasteiger partial charge is 0.240 e. The van der Waals surface area contributed by atoms with E-state index in [1.807, 2.05) is 6.92 Å². The topological polar surface area (TPSA) is 81.4 Å². The zero-order chi connectivity index (χ0) is 13.9. The van der Waals surface area contributed by atoms with E-state index in [4.69, 9.17) is 10.5 Å². The van der Waals surface area contributed by atoms with Gasteiger partial charge in [0.1, 0.15) is 0 Å². The summed E-state index contributed by atoms with van der Waals surface area (Å²) in [6.45, 7) is 3.68. The molecule has 1 fully saturated rings. The van der Waals surface area contributed by atoms with Crippen LogP contribution in [0.3, 0.4) is 0 Å². The molecule has 1 aliphatic rings. The quantitative estimate of drug-likeness (QED) is 0.795. The van der Waals surface area contributed by atoms with Crippen molar-refractivity contribution < 1.29 is 13.2 Å². The monoisotopic (exact) mass is 284 g/mol. The Balaban J connectivity index is 2.16. The van der Waals surface area contributed by atoms with E-state index in [2.05, 4.69) is 4.72 Å². The van der Waals surface area contributed by atoms with E-state index >= 15 is 0 Å². The molecule has 0 amide bonds. The van der Waals surface area contributed by atoms with E-state index < -0.39 is 10.0 Å². The molecule has 5 nitrogen and oxygen atoms in total. The van der Waals surface area contributed by atoms with Gasteiger partial charge in [0.15, 0.2) is 0 Å². The second kappa shape index (κ2) is 5.90. The van der Waals surface area contributed by atoms with Crippen molar-refractivity contribution in [3.05, 3.63) is 23.8 Å². The number of hydrogen-bond acceptors (Lipinski definition) is 4. The first-order chi connectivity index (χ1) is 9.03. The Morgan fingerprint density at radius 1 is 1.47 bits per heavy atom. The fourth-order valence-electron chi connectivity index (χ4n) is 2.16. The molecule has 1 saturated heterocycles. The number of hydrogen-bond donors (Lipinski definition) is 2. The molecule has 0 aromatic heterocycles. The van der Waals surface area contributed by atoms with E-state index in [9.17, 15) is 8.42 Å². The summed E-state index contributed by atoms with van der Waals surface area (Å²) in [7, 11) is -3.50. The fourth-order valence-corrected chi connectivity index (χ4v) is 3.62. The molecule has 0 bridgehead atoms. The second-order valence-electron chi connectivity index (χ2n) is 4.80. The van der Waals surface area contributed by atoms with Crippen LogP contribution in [0.15, 0.2) is 23.1 Å². The van der Waals surface area contributed by atoms with Gasteiger partial charge in [0, 0.05) is 18.8 Å². The van der Waals surface area contributed by atoms with Gasteiger partial charge in [-0.1, -0.05) is 13.0 Å². The lowest BCUT2D eigenvalue weighted by Gasteiger charge is -2.13. The van der Waals surface area contributed by atoms with E-state index in [-0.39, 0.29) is 10.8 Å². The van der Waals surface area contributed by atoms with E-state index in [1.165, 1.54) is 6.07 Å². The lowest BCUT2D eigenvalue weighted by Crippen LogP contribution is -2.30. The Hall–Kier alpha value is -1.11. The molecule has 1 unspecified atom stereocenters. The highest BCUT2D eigenvalue weighted by Gasteiger charge is 2.22. The van der Waals surface area contributed by atoms with Gasteiger partial charge >= 0.3 is 0 Å². The Morgan fingerprint density at radius 3 is 2.89 bits per heavy atom. The fraction of sp³-hybridized carbons (Fsp3) is 0.538. The third-order valence-corrected chi connectivity index (χ3v) is 4.85. The van der Waals surface area contributed by atoms with Crippen LogP contribution in [0.4, 0.5) is 5.69 Å². The molecule has 1 aromatic rings. The van der Waals surface area contributed by atoms with Crippen molar-refractivity contribution >= 4 is 15.7 Å². The summed E-state index contributed by atoms with van der Waals surface area (Å²) in [5, 5.41) is 0. The molecule has 0 aliphatic carbocycles. The molecule has 0 spiro atoms. The molecule has 1 aliphatic heterocycles. The Labute approximate surface area is 114 Å². The van der Waals surface area contributed by atoms with E-state index in [1.54, 1.807) is 12.1 Å². The minimum Gasteiger partial charge on any atom is -0.399 e. The zero-order valence-electron chi connectivity index (χ0n) is 11.1. The van der Waals surface area contributed by atoms with Crippen LogP contribution in [-0.2, 0) is 21.2 Å². The van der Waals surface area contributed by atoms with Crippen LogP contribution in [0.1, 0.15) is 18.9 Å². The number of nitrogen functional groups attached to an aromatic ring is 1. The third kappa shape index (κ3) is 3.46. The highest BCUT2D eigenvalue weighted by atomic mass is 32.2. The van der Waals surface area contributed by atoms with Gasteiger partial charge in [-0.25, -0.2) is 13.1 Å². The summed E-state index contributed by atoms with van der Waals surface area (Å²) in [5.41, 5.74) is 6.93. The lowest BCUT2D eigenvalue weighted by molar-refractivity contribution is 0.186. The predicted octanol–water partition coefficient (Wildman–Crippen LogP) is 1.15. The van der Waals surface area contributed by atoms with E-state index in [0.717, 1.165) is 12.0 Å². The van der Waals surface area contributed by atoms with Crippen molar-refractivity contribution in [1.29, 1.82) is 0 Å². The minimum absolute atomic E-state index is 0.265. The second-order valence-corrected chi connectivity index (χ2v) is 6.54. The Morgan fingerprint density at radius 2 is 2.26 bits per heavy atom. The van der Waals surface area contributed by atoms with Gasteiger partial charge < -0.3 is 10.5 Å². The normalized spacial score (nSPS) is 19.7. The van der Waals surface area contributed by atoms with Crippen molar-refractivity contribution in [2.45, 2.75) is 24.7 Å². The average Bonchev–Trinajstić information content (AvgIpc) is 2.89. The van der Waals surface area contributed by atoms with Crippen LogP contribution >= 0.6 is 0 Å². The summed E-state index contributed by atoms with van der Waals surface area (Å²) in [4.78, 5) is 0.286. The van der Waals surface area contributed by atoms with Gasteiger partial charge in [-0.3, -0.25) is 0 Å². The van der Waals surface area contributed by atoms with Gasteiger partial charge in [0.05, 0.1) is 11.5 Å². The molecule has 1 aromatic carbocycles. The van der Waals surface area contributed by atoms with Crippen molar-refractivity contribution in [1.82, 2.24) is 4.72 Å². The molecule has 2 rings (SSSR count). The SMILES string of the molecule is CCc1ccc(N)cc1S(=O)(=O)NCC1CCOC1. The zero-order valence-corrected chi connectivity index (χ0v) is 11.9. The number of aryl methyl sites for hydroxylation is 1. The molecular weight excluding hydrogens is 264 g/mol. The third-order valence-electron chi connectivity index (χ3n) is 3.35. The number of anilines is 1. The van der Waals surface area contributed by atoms with Crippen molar-refractivity contribution in [2.75, 3.05) is 25.5 Å². The highest BCUT2D eigenvalue weighted by Crippen LogP contribution is 2.20. The molecule has 19 heavy (non-hydrogen) atoms. The Kier molecular flexibility index (Phi) is 4.44. The van der Waals surface area contributed by atoms with Crippen LogP contribution in [0.25, 0.3) is 0 Å². The molecule has 0 radical (unpaired) electrons. The van der Waals surface area contributed by atoms with Crippen LogP contribution in [0, 0.1) is 5.92 Å². The molecule has 6 heteroatoms. The number of ether oxygens (including phenoxy) is 1. The van der Waals surface area contributed by atoms with E-state index in [0.29, 0.717) is 31.9 Å². The summed E-state index contributed by atoms with van der Waals surface area (Å²) in [6, 6.07) is 5.01. The molecule has 0 saturated carbocycles. The number of nitrogens with one attached hydrogen (secondary N) is 1. The van der Waals surface area contributed by atoms with Crippen LogP contribution in [0.2, 0.25) is 0 Å². The van der Waals surface area contributed by atoms with Crippen LogP contribution in [0.5, 0.6) is 0 Å². The summed E-state index contributed by atoms with van der Waals surface area (Å²) in [6.07, 6.45) is 1.56. The number of nitrogens with two attached hydrogens (primary N) is 1. The predicted molar refractivity (Wildman–Crippen MR) is 74.3 cm³/mol. The number of benzene rings is 1. The first-order valence-corrected chi connectivity index (χ1v) is 7.97. The van der Waals surface area contributed by atoms with Crippen molar-refractivity contribution in [3.63, 3.8) is 0 Å². The number of rotatable bonds is 5.